The van der Waals surface area contributed by atoms with Crippen molar-refractivity contribution in [2.24, 2.45) is 0 Å². The summed E-state index contributed by atoms with van der Waals surface area (Å²) in [5.41, 5.74) is 3.17. The van der Waals surface area contributed by atoms with Crippen LogP contribution in [0.1, 0.15) is 11.1 Å². The zero-order valence-corrected chi connectivity index (χ0v) is 18.0. The van der Waals surface area contributed by atoms with Crippen LogP contribution in [-0.2, 0) is 12.1 Å². The Bertz CT molecular complexity index is 749. The lowest BCUT2D eigenvalue weighted by molar-refractivity contribution is 1.33. The molecule has 2 heteroatoms. The maximum absolute atomic E-state index is 2.48. The van der Waals surface area contributed by atoms with E-state index >= 15 is 0 Å². The minimum atomic E-state index is -1.19. The molecule has 0 aromatic heterocycles. The fourth-order valence-corrected chi connectivity index (χ4v) is 6.63. The van der Waals surface area contributed by atoms with Gasteiger partial charge in [-0.15, -0.1) is 0 Å². The van der Waals surface area contributed by atoms with Crippen LogP contribution < -0.4 is 0 Å². The van der Waals surface area contributed by atoms with Crippen molar-refractivity contribution in [1.29, 1.82) is 0 Å². The second kappa shape index (κ2) is 6.16. The van der Waals surface area contributed by atoms with Gasteiger partial charge in [0.1, 0.15) is 0 Å². The molecule has 3 aromatic carbocycles. The van der Waals surface area contributed by atoms with Crippen LogP contribution in [0.25, 0.3) is 21.5 Å². The van der Waals surface area contributed by atoms with E-state index in [2.05, 4.69) is 87.8 Å². The summed E-state index contributed by atoms with van der Waals surface area (Å²) in [5, 5.41) is 5.97. The van der Waals surface area contributed by atoms with Crippen LogP contribution in [-0.4, -0.2) is 16.1 Å². The Balaban J connectivity index is 2.41. The average Bonchev–Trinajstić information content (AvgIpc) is 2.48. The summed E-state index contributed by atoms with van der Waals surface area (Å²) in [6.45, 7) is 14.9. The van der Waals surface area contributed by atoms with E-state index < -0.39 is 16.1 Å². The van der Waals surface area contributed by atoms with Crippen LogP contribution in [0.4, 0.5) is 0 Å². The van der Waals surface area contributed by atoms with E-state index in [-0.39, 0.29) is 0 Å². The van der Waals surface area contributed by atoms with E-state index in [1.807, 2.05) is 0 Å². The van der Waals surface area contributed by atoms with Gasteiger partial charge >= 0.3 is 0 Å². The van der Waals surface area contributed by atoms with Gasteiger partial charge in [-0.3, -0.25) is 0 Å². The lowest BCUT2D eigenvalue weighted by Crippen LogP contribution is -2.26. The largest absolute Gasteiger partial charge is 0.0693 e. The molecule has 0 heterocycles. The predicted octanol–water partition coefficient (Wildman–Crippen LogP) is 6.83. The van der Waals surface area contributed by atoms with Gasteiger partial charge in [0.15, 0.2) is 0 Å². The molecule has 0 unspecified atom stereocenters. The Hall–Kier alpha value is -1.39. The smallest absolute Gasteiger partial charge is 0.0487 e. The molecule has 0 nitrogen and oxygen atoms in total. The van der Waals surface area contributed by atoms with Crippen molar-refractivity contribution >= 4 is 37.7 Å². The second-order valence-electron chi connectivity index (χ2n) is 9.52. The topological polar surface area (TPSA) is 0 Å². The van der Waals surface area contributed by atoms with E-state index in [1.165, 1.54) is 33.6 Å². The summed E-state index contributed by atoms with van der Waals surface area (Å²) in [6, 6.07) is 20.8. The number of fused-ring (bicyclic) bond motifs is 2. The van der Waals surface area contributed by atoms with Crippen LogP contribution in [0, 0.1) is 0 Å². The molecule has 0 N–H and O–H groups in total. The summed E-state index contributed by atoms with van der Waals surface area (Å²) >= 11 is 0. The van der Waals surface area contributed by atoms with Gasteiger partial charge in [0, 0.05) is 16.1 Å². The number of benzene rings is 3. The van der Waals surface area contributed by atoms with Gasteiger partial charge in [0.25, 0.3) is 0 Å². The third kappa shape index (κ3) is 3.65. The molecule has 0 bridgehead atoms. The van der Waals surface area contributed by atoms with Crippen molar-refractivity contribution in [1.82, 2.24) is 0 Å². The number of hydrogen-bond donors (Lipinski definition) is 0. The molecule has 3 aromatic rings. The third-order valence-electron chi connectivity index (χ3n) is 4.57. The SMILES string of the molecule is C[Si](C)(C)Cc1c2ccccc2c(C[Si](C)(C)C)c2ccccc12. The molecule has 24 heavy (non-hydrogen) atoms. The average molecular weight is 351 g/mol. The highest BCUT2D eigenvalue weighted by molar-refractivity contribution is 6.76. The summed E-state index contributed by atoms with van der Waals surface area (Å²) in [7, 11) is -2.38. The van der Waals surface area contributed by atoms with Crippen molar-refractivity contribution in [2.75, 3.05) is 0 Å². The Labute approximate surface area is 148 Å². The molecule has 0 radical (unpaired) electrons. The van der Waals surface area contributed by atoms with Crippen LogP contribution >= 0.6 is 0 Å². The van der Waals surface area contributed by atoms with Crippen molar-refractivity contribution in [3.05, 3.63) is 59.7 Å². The maximum Gasteiger partial charge on any atom is 0.0487 e. The number of rotatable bonds is 4. The second-order valence-corrected chi connectivity index (χ2v) is 20.5. The molecule has 0 atom stereocenters. The lowest BCUT2D eigenvalue weighted by Gasteiger charge is -2.24. The van der Waals surface area contributed by atoms with Gasteiger partial charge in [-0.05, 0) is 44.8 Å². The van der Waals surface area contributed by atoms with Gasteiger partial charge in [-0.1, -0.05) is 87.8 Å². The molecule has 0 spiro atoms. The van der Waals surface area contributed by atoms with Crippen LogP contribution in [0.2, 0.25) is 39.3 Å². The highest BCUT2D eigenvalue weighted by Crippen LogP contribution is 2.36. The normalized spacial score (nSPS) is 12.9. The first-order chi connectivity index (χ1) is 11.2. The zero-order chi connectivity index (χ0) is 17.5. The van der Waals surface area contributed by atoms with Crippen LogP contribution in [0.5, 0.6) is 0 Å². The van der Waals surface area contributed by atoms with Gasteiger partial charge in [0.05, 0.1) is 0 Å². The van der Waals surface area contributed by atoms with Crippen molar-refractivity contribution < 1.29 is 0 Å². The predicted molar refractivity (Wildman–Crippen MR) is 116 cm³/mol. The van der Waals surface area contributed by atoms with E-state index in [9.17, 15) is 0 Å². The molecule has 0 saturated heterocycles. The third-order valence-corrected chi connectivity index (χ3v) is 7.40. The summed E-state index contributed by atoms with van der Waals surface area (Å²) in [6.07, 6.45) is 0. The van der Waals surface area contributed by atoms with E-state index in [4.69, 9.17) is 0 Å². The first kappa shape index (κ1) is 17.4. The Kier molecular flexibility index (Phi) is 4.48. The van der Waals surface area contributed by atoms with E-state index in [0.717, 1.165) is 0 Å². The maximum atomic E-state index is 2.48. The minimum Gasteiger partial charge on any atom is -0.0693 e. The van der Waals surface area contributed by atoms with Crippen molar-refractivity contribution in [2.45, 2.75) is 51.4 Å². The quantitative estimate of drug-likeness (QED) is 0.357. The molecule has 0 amide bonds. The van der Waals surface area contributed by atoms with Gasteiger partial charge in [0.2, 0.25) is 0 Å². The molecule has 3 rings (SSSR count). The van der Waals surface area contributed by atoms with Crippen LogP contribution in [0.3, 0.4) is 0 Å². The highest BCUT2D eigenvalue weighted by atomic mass is 28.3. The summed E-state index contributed by atoms with van der Waals surface area (Å²) < 4.78 is 0. The Morgan fingerprint density at radius 3 is 0.958 bits per heavy atom. The fraction of sp³-hybridized carbons (Fsp3) is 0.364. The monoisotopic (exact) mass is 350 g/mol. The Morgan fingerprint density at radius 1 is 0.500 bits per heavy atom. The van der Waals surface area contributed by atoms with E-state index in [1.54, 1.807) is 11.1 Å². The molecular weight excluding hydrogens is 320 g/mol. The minimum absolute atomic E-state index is 1.19. The van der Waals surface area contributed by atoms with Crippen molar-refractivity contribution in [3.63, 3.8) is 0 Å². The van der Waals surface area contributed by atoms with Gasteiger partial charge in [-0.25, -0.2) is 0 Å². The molecule has 0 saturated carbocycles. The number of hydrogen-bond acceptors (Lipinski definition) is 0. The highest BCUT2D eigenvalue weighted by Gasteiger charge is 2.22. The van der Waals surface area contributed by atoms with Crippen molar-refractivity contribution in [3.8, 4) is 0 Å². The fourth-order valence-electron chi connectivity index (χ4n) is 3.75. The first-order valence-corrected chi connectivity index (χ1v) is 16.5. The molecule has 0 aliphatic carbocycles. The molecular formula is C22H30Si2. The Morgan fingerprint density at radius 2 is 0.750 bits per heavy atom. The van der Waals surface area contributed by atoms with Gasteiger partial charge in [-0.2, -0.15) is 0 Å². The summed E-state index contributed by atoms with van der Waals surface area (Å²) in [4.78, 5) is 0. The van der Waals surface area contributed by atoms with Crippen LogP contribution in [0.15, 0.2) is 48.5 Å². The molecule has 0 aliphatic heterocycles. The molecule has 0 fully saturated rings. The summed E-state index contributed by atoms with van der Waals surface area (Å²) in [5.74, 6) is 0. The first-order valence-electron chi connectivity index (χ1n) is 9.07. The zero-order valence-electron chi connectivity index (χ0n) is 16.0. The molecule has 126 valence electrons. The lowest BCUT2D eigenvalue weighted by atomic mass is 9.93. The van der Waals surface area contributed by atoms with E-state index in [0.29, 0.717) is 0 Å². The molecule has 0 aliphatic rings. The standard InChI is InChI=1S/C22H30Si2/c1-23(2,3)15-21-17-11-7-9-13-19(17)22(16-24(4,5)6)20-14-10-8-12-18(20)21/h7-14H,15-16H2,1-6H3. The van der Waals surface area contributed by atoms with Gasteiger partial charge < -0.3 is 0 Å².